The molecule has 0 saturated carbocycles. The fourth-order valence-electron chi connectivity index (χ4n) is 3.65. The van der Waals surface area contributed by atoms with Crippen LogP contribution in [0.5, 0.6) is 0 Å². The quantitative estimate of drug-likeness (QED) is 0.470. The summed E-state index contributed by atoms with van der Waals surface area (Å²) < 4.78 is 0. The zero-order chi connectivity index (χ0) is 22.2. The summed E-state index contributed by atoms with van der Waals surface area (Å²) in [5, 5.41) is 7.84. The molecule has 162 valence electrons. The molecule has 3 aromatic rings. The Morgan fingerprint density at radius 3 is 2.55 bits per heavy atom. The number of nitrogens with one attached hydrogen (secondary N) is 2. The minimum Gasteiger partial charge on any atom is -0.383 e. The summed E-state index contributed by atoms with van der Waals surface area (Å²) in [7, 11) is 1.77. The zero-order valence-electron chi connectivity index (χ0n) is 18.1. The van der Waals surface area contributed by atoms with E-state index in [0.717, 1.165) is 22.8 Å². The summed E-state index contributed by atoms with van der Waals surface area (Å²) in [5.41, 5.74) is 8.14. The summed E-state index contributed by atoms with van der Waals surface area (Å²) in [5.74, 6) is 0.372. The van der Waals surface area contributed by atoms with Gasteiger partial charge in [-0.15, -0.1) is 0 Å². The fraction of sp³-hybridized carbons (Fsp3) is 0.320. The van der Waals surface area contributed by atoms with E-state index in [4.69, 9.17) is 5.73 Å². The second kappa shape index (κ2) is 10.7. The number of pyridine rings is 1. The van der Waals surface area contributed by atoms with Crippen molar-refractivity contribution in [1.82, 2.24) is 15.6 Å². The SMILES string of the molecule is CN[C@H](CCc1ccccc1)C(=O)N[C@@H](C)C(=O)CCc1ccc2c(N)nccc2c1. The predicted molar refractivity (Wildman–Crippen MR) is 125 cm³/mol. The summed E-state index contributed by atoms with van der Waals surface area (Å²) in [6.45, 7) is 1.75. The number of anilines is 1. The molecule has 6 nitrogen and oxygen atoms in total. The van der Waals surface area contributed by atoms with Crippen molar-refractivity contribution in [3.05, 3.63) is 71.9 Å². The molecule has 1 amide bonds. The lowest BCUT2D eigenvalue weighted by molar-refractivity contribution is -0.128. The number of hydrogen-bond acceptors (Lipinski definition) is 5. The van der Waals surface area contributed by atoms with Gasteiger partial charge in [0, 0.05) is 18.0 Å². The molecule has 0 bridgehead atoms. The number of nitrogen functional groups attached to an aromatic ring is 1. The summed E-state index contributed by atoms with van der Waals surface area (Å²) in [4.78, 5) is 29.3. The molecule has 1 aromatic heterocycles. The van der Waals surface area contributed by atoms with Crippen LogP contribution in [0.15, 0.2) is 60.8 Å². The van der Waals surface area contributed by atoms with Crippen LogP contribution in [0, 0.1) is 0 Å². The van der Waals surface area contributed by atoms with E-state index in [1.807, 2.05) is 42.5 Å². The van der Waals surface area contributed by atoms with Gasteiger partial charge in [-0.05, 0) is 55.8 Å². The number of aromatic nitrogens is 1. The Bertz CT molecular complexity index is 1040. The summed E-state index contributed by atoms with van der Waals surface area (Å²) >= 11 is 0. The number of Topliss-reactive ketones (excluding diaryl/α,β-unsaturated/α-hetero) is 1. The smallest absolute Gasteiger partial charge is 0.237 e. The Morgan fingerprint density at radius 1 is 1.03 bits per heavy atom. The van der Waals surface area contributed by atoms with Crippen LogP contribution in [-0.2, 0) is 22.4 Å². The fourth-order valence-corrected chi connectivity index (χ4v) is 3.65. The average molecular weight is 419 g/mol. The van der Waals surface area contributed by atoms with Gasteiger partial charge < -0.3 is 16.4 Å². The van der Waals surface area contributed by atoms with Crippen molar-refractivity contribution in [2.75, 3.05) is 12.8 Å². The van der Waals surface area contributed by atoms with Gasteiger partial charge in [0.15, 0.2) is 5.78 Å². The second-order valence-corrected chi connectivity index (χ2v) is 7.81. The molecule has 0 fully saturated rings. The topological polar surface area (TPSA) is 97.1 Å². The lowest BCUT2D eigenvalue weighted by Gasteiger charge is -2.19. The lowest BCUT2D eigenvalue weighted by atomic mass is 10.0. The molecule has 0 aliphatic rings. The van der Waals surface area contributed by atoms with Crippen LogP contribution in [0.1, 0.15) is 30.9 Å². The highest BCUT2D eigenvalue weighted by Crippen LogP contribution is 2.20. The van der Waals surface area contributed by atoms with Crippen molar-refractivity contribution in [3.63, 3.8) is 0 Å². The van der Waals surface area contributed by atoms with Gasteiger partial charge in [0.2, 0.25) is 5.91 Å². The highest BCUT2D eigenvalue weighted by Gasteiger charge is 2.21. The number of carbonyl (C=O) groups is 2. The molecule has 31 heavy (non-hydrogen) atoms. The molecule has 2 atom stereocenters. The molecule has 3 rings (SSSR count). The molecular formula is C25H30N4O2. The van der Waals surface area contributed by atoms with Crippen molar-refractivity contribution >= 4 is 28.3 Å². The molecule has 0 aliphatic carbocycles. The van der Waals surface area contributed by atoms with E-state index in [9.17, 15) is 9.59 Å². The molecule has 6 heteroatoms. The summed E-state index contributed by atoms with van der Waals surface area (Å²) in [6, 6.07) is 17.0. The molecule has 0 saturated heterocycles. The minimum absolute atomic E-state index is 0.0144. The summed E-state index contributed by atoms with van der Waals surface area (Å²) in [6.07, 6.45) is 4.12. The second-order valence-electron chi connectivity index (χ2n) is 7.81. The Kier molecular flexibility index (Phi) is 7.73. The molecule has 0 spiro atoms. The first-order chi connectivity index (χ1) is 15.0. The normalized spacial score (nSPS) is 13.0. The van der Waals surface area contributed by atoms with Gasteiger partial charge in [-0.2, -0.15) is 0 Å². The van der Waals surface area contributed by atoms with Crippen LogP contribution in [0.3, 0.4) is 0 Å². The van der Waals surface area contributed by atoms with E-state index < -0.39 is 6.04 Å². The van der Waals surface area contributed by atoms with Gasteiger partial charge in [0.05, 0.1) is 12.1 Å². The molecule has 1 heterocycles. The third kappa shape index (κ3) is 6.12. The number of likely N-dealkylation sites (N-methyl/N-ethyl adjacent to an activating group) is 1. The monoisotopic (exact) mass is 418 g/mol. The van der Waals surface area contributed by atoms with Crippen LogP contribution in [0.2, 0.25) is 0 Å². The third-order valence-corrected chi connectivity index (χ3v) is 5.59. The number of nitrogens with two attached hydrogens (primary N) is 1. The number of aryl methyl sites for hydroxylation is 2. The molecule has 0 unspecified atom stereocenters. The van der Waals surface area contributed by atoms with Gasteiger partial charge in [-0.3, -0.25) is 9.59 Å². The number of hydrogen-bond donors (Lipinski definition) is 3. The number of nitrogens with zero attached hydrogens (tertiary/aromatic N) is 1. The van der Waals surface area contributed by atoms with E-state index >= 15 is 0 Å². The van der Waals surface area contributed by atoms with Crippen LogP contribution in [-0.4, -0.2) is 35.8 Å². The first-order valence-corrected chi connectivity index (χ1v) is 10.7. The van der Waals surface area contributed by atoms with Crippen molar-refractivity contribution in [1.29, 1.82) is 0 Å². The van der Waals surface area contributed by atoms with Crippen LogP contribution in [0.4, 0.5) is 5.82 Å². The van der Waals surface area contributed by atoms with Gasteiger partial charge in [0.25, 0.3) is 0 Å². The van der Waals surface area contributed by atoms with E-state index in [2.05, 4.69) is 27.8 Å². The maximum Gasteiger partial charge on any atom is 0.237 e. The third-order valence-electron chi connectivity index (χ3n) is 5.59. The number of amides is 1. The molecule has 4 N–H and O–H groups in total. The van der Waals surface area contributed by atoms with E-state index in [1.165, 1.54) is 5.56 Å². The lowest BCUT2D eigenvalue weighted by Crippen LogP contribution is -2.48. The van der Waals surface area contributed by atoms with Gasteiger partial charge in [0.1, 0.15) is 5.82 Å². The van der Waals surface area contributed by atoms with E-state index in [1.54, 1.807) is 20.2 Å². The molecule has 0 radical (unpaired) electrons. The van der Waals surface area contributed by atoms with Crippen molar-refractivity contribution in [2.24, 2.45) is 0 Å². The predicted octanol–water partition coefficient (Wildman–Crippen LogP) is 3.04. The first kappa shape index (κ1) is 22.4. The maximum atomic E-state index is 12.6. The van der Waals surface area contributed by atoms with Gasteiger partial charge in [-0.25, -0.2) is 4.98 Å². The molecular weight excluding hydrogens is 388 g/mol. The molecule has 2 aromatic carbocycles. The Morgan fingerprint density at radius 2 is 1.81 bits per heavy atom. The number of benzene rings is 2. The van der Waals surface area contributed by atoms with Crippen LogP contribution < -0.4 is 16.4 Å². The largest absolute Gasteiger partial charge is 0.383 e. The van der Waals surface area contributed by atoms with Gasteiger partial charge >= 0.3 is 0 Å². The average Bonchev–Trinajstić information content (AvgIpc) is 2.78. The van der Waals surface area contributed by atoms with Crippen molar-refractivity contribution in [3.8, 4) is 0 Å². The maximum absolute atomic E-state index is 12.6. The van der Waals surface area contributed by atoms with Crippen molar-refractivity contribution < 1.29 is 9.59 Å². The van der Waals surface area contributed by atoms with Crippen LogP contribution >= 0.6 is 0 Å². The van der Waals surface area contributed by atoms with Gasteiger partial charge in [-0.1, -0.05) is 48.5 Å². The van der Waals surface area contributed by atoms with E-state index in [-0.39, 0.29) is 17.7 Å². The Hall–Kier alpha value is -3.25. The molecule has 0 aliphatic heterocycles. The Labute approximate surface area is 183 Å². The number of carbonyl (C=O) groups excluding carboxylic acids is 2. The van der Waals surface area contributed by atoms with Crippen molar-refractivity contribution in [2.45, 2.75) is 44.7 Å². The zero-order valence-corrected chi connectivity index (χ0v) is 18.1. The number of ketones is 1. The number of rotatable bonds is 10. The standard InChI is InChI=1S/C25H30N4O2/c1-17(29-25(31)22(27-2)12-9-18-6-4-3-5-7-18)23(30)13-10-19-8-11-21-20(16-19)14-15-28-24(21)26/h3-8,11,14-17,22,27H,9-10,12-13H2,1-2H3,(H2,26,28)(H,29,31)/t17-,22+/m0/s1. The highest BCUT2D eigenvalue weighted by molar-refractivity contribution is 5.92. The highest BCUT2D eigenvalue weighted by atomic mass is 16.2. The van der Waals surface area contributed by atoms with E-state index in [0.29, 0.717) is 25.1 Å². The minimum atomic E-state index is -0.527. The first-order valence-electron chi connectivity index (χ1n) is 10.7. The Balaban J connectivity index is 1.50. The van der Waals surface area contributed by atoms with Crippen LogP contribution in [0.25, 0.3) is 10.8 Å². The number of fused-ring (bicyclic) bond motifs is 1.